The lowest BCUT2D eigenvalue weighted by molar-refractivity contribution is -0.118. The smallest absolute Gasteiger partial charge is 0.217 e. The number of carbonyl (C=O) groups excluding carboxylic acids is 1. The number of hydrogen-bond donors (Lipinski definition) is 2. The summed E-state index contributed by atoms with van der Waals surface area (Å²) in [4.78, 5) is 10.5. The molecule has 0 atom stereocenters. The third-order valence-corrected chi connectivity index (χ3v) is 1.75. The molecule has 0 aromatic heterocycles. The van der Waals surface area contributed by atoms with Crippen LogP contribution >= 0.6 is 0 Å². The molecule has 1 amide bonds. The standard InChI is InChI=1S/C11H12FNO2/c1-8(14)13-6-2-3-9-4-5-10(15)7-11(9)12/h2-5,7,15H,6H2,1H3,(H,13,14). The van der Waals surface area contributed by atoms with Crippen LogP contribution in [0.15, 0.2) is 24.3 Å². The zero-order valence-electron chi connectivity index (χ0n) is 8.33. The Kier molecular flexibility index (Phi) is 3.85. The largest absolute Gasteiger partial charge is 0.508 e. The number of aromatic hydroxyl groups is 1. The van der Waals surface area contributed by atoms with Gasteiger partial charge in [0.25, 0.3) is 0 Å². The van der Waals surface area contributed by atoms with Crippen molar-refractivity contribution < 1.29 is 14.3 Å². The molecule has 1 aromatic rings. The van der Waals surface area contributed by atoms with Crippen LogP contribution in [0.5, 0.6) is 5.75 Å². The van der Waals surface area contributed by atoms with Crippen molar-refractivity contribution in [2.24, 2.45) is 0 Å². The maximum atomic E-state index is 13.1. The van der Waals surface area contributed by atoms with Crippen molar-refractivity contribution in [3.8, 4) is 5.75 Å². The molecule has 4 heteroatoms. The first-order chi connectivity index (χ1) is 7.09. The molecule has 0 aliphatic heterocycles. The Labute approximate surface area is 87.2 Å². The molecule has 3 nitrogen and oxygen atoms in total. The van der Waals surface area contributed by atoms with Gasteiger partial charge < -0.3 is 10.4 Å². The number of carbonyl (C=O) groups is 1. The molecule has 0 aliphatic carbocycles. The second kappa shape index (κ2) is 5.14. The number of hydrogen-bond acceptors (Lipinski definition) is 2. The Morgan fingerprint density at radius 2 is 2.33 bits per heavy atom. The number of halogens is 1. The second-order valence-corrected chi connectivity index (χ2v) is 3.05. The maximum absolute atomic E-state index is 13.1. The van der Waals surface area contributed by atoms with Crippen LogP contribution in [0.2, 0.25) is 0 Å². The minimum Gasteiger partial charge on any atom is -0.508 e. The van der Waals surface area contributed by atoms with Gasteiger partial charge in [0.05, 0.1) is 0 Å². The van der Waals surface area contributed by atoms with Crippen LogP contribution in [0.1, 0.15) is 12.5 Å². The van der Waals surface area contributed by atoms with E-state index >= 15 is 0 Å². The number of rotatable bonds is 3. The summed E-state index contributed by atoms with van der Waals surface area (Å²) in [5.74, 6) is -0.730. The van der Waals surface area contributed by atoms with Gasteiger partial charge in [-0.25, -0.2) is 4.39 Å². The number of amides is 1. The zero-order valence-corrected chi connectivity index (χ0v) is 8.33. The van der Waals surface area contributed by atoms with Crippen LogP contribution in [-0.2, 0) is 4.79 Å². The molecule has 1 rings (SSSR count). The molecule has 0 aliphatic rings. The van der Waals surface area contributed by atoms with Crippen LogP contribution < -0.4 is 5.32 Å². The molecule has 0 saturated carbocycles. The summed E-state index contributed by atoms with van der Waals surface area (Å²) in [5, 5.41) is 11.5. The molecule has 0 radical (unpaired) electrons. The van der Waals surface area contributed by atoms with Gasteiger partial charge in [0, 0.05) is 25.1 Å². The number of phenolic OH excluding ortho intramolecular Hbond substituents is 1. The van der Waals surface area contributed by atoms with E-state index < -0.39 is 5.82 Å². The first-order valence-corrected chi connectivity index (χ1v) is 4.49. The highest BCUT2D eigenvalue weighted by Gasteiger charge is 1.98. The van der Waals surface area contributed by atoms with Gasteiger partial charge in [-0.05, 0) is 12.1 Å². The SMILES string of the molecule is CC(=O)NCC=Cc1ccc(O)cc1F. The van der Waals surface area contributed by atoms with Gasteiger partial charge in [-0.15, -0.1) is 0 Å². The molecule has 2 N–H and O–H groups in total. The van der Waals surface area contributed by atoms with E-state index in [-0.39, 0.29) is 11.7 Å². The molecule has 15 heavy (non-hydrogen) atoms. The lowest BCUT2D eigenvalue weighted by Crippen LogP contribution is -2.19. The van der Waals surface area contributed by atoms with Crippen molar-refractivity contribution in [3.05, 3.63) is 35.7 Å². The minimum absolute atomic E-state index is 0.105. The van der Waals surface area contributed by atoms with Crippen LogP contribution in [0.3, 0.4) is 0 Å². The van der Waals surface area contributed by atoms with Gasteiger partial charge in [0.2, 0.25) is 5.91 Å². The molecule has 0 spiro atoms. The van der Waals surface area contributed by atoms with Gasteiger partial charge in [-0.2, -0.15) is 0 Å². The zero-order chi connectivity index (χ0) is 11.3. The molecule has 80 valence electrons. The molecular formula is C11H12FNO2. The lowest BCUT2D eigenvalue weighted by atomic mass is 10.2. The monoisotopic (exact) mass is 209 g/mol. The van der Waals surface area contributed by atoms with Gasteiger partial charge >= 0.3 is 0 Å². The summed E-state index contributed by atoms with van der Waals surface area (Å²) >= 11 is 0. The third kappa shape index (κ3) is 3.81. The Morgan fingerprint density at radius 1 is 1.60 bits per heavy atom. The molecular weight excluding hydrogens is 197 g/mol. The van der Waals surface area contributed by atoms with Crippen molar-refractivity contribution in [3.63, 3.8) is 0 Å². The topological polar surface area (TPSA) is 49.3 Å². The highest BCUT2D eigenvalue weighted by atomic mass is 19.1. The first-order valence-electron chi connectivity index (χ1n) is 4.49. The Bertz CT molecular complexity index is 388. The predicted octanol–water partition coefficient (Wildman–Crippen LogP) is 1.68. The van der Waals surface area contributed by atoms with Crippen molar-refractivity contribution in [2.45, 2.75) is 6.92 Å². The third-order valence-electron chi connectivity index (χ3n) is 1.75. The predicted molar refractivity (Wildman–Crippen MR) is 55.8 cm³/mol. The van der Waals surface area contributed by atoms with Gasteiger partial charge in [0.1, 0.15) is 11.6 Å². The fourth-order valence-electron chi connectivity index (χ4n) is 1.04. The van der Waals surface area contributed by atoms with Gasteiger partial charge in [0.15, 0.2) is 0 Å². The lowest BCUT2D eigenvalue weighted by Gasteiger charge is -1.98. The van der Waals surface area contributed by atoms with Gasteiger partial charge in [-0.3, -0.25) is 4.79 Å². The fourth-order valence-corrected chi connectivity index (χ4v) is 1.04. The van der Waals surface area contributed by atoms with E-state index in [2.05, 4.69) is 5.32 Å². The molecule has 0 saturated heterocycles. The van der Waals surface area contributed by atoms with E-state index in [1.54, 1.807) is 12.2 Å². The number of nitrogens with one attached hydrogen (secondary N) is 1. The molecule has 0 heterocycles. The average molecular weight is 209 g/mol. The molecule has 0 unspecified atom stereocenters. The van der Waals surface area contributed by atoms with Crippen LogP contribution in [0.4, 0.5) is 4.39 Å². The van der Waals surface area contributed by atoms with E-state index in [0.717, 1.165) is 6.07 Å². The van der Waals surface area contributed by atoms with E-state index in [1.807, 2.05) is 0 Å². The maximum Gasteiger partial charge on any atom is 0.217 e. The Balaban J connectivity index is 2.60. The summed E-state index contributed by atoms with van der Waals surface area (Å²) in [5.41, 5.74) is 0.373. The first kappa shape index (κ1) is 11.2. The van der Waals surface area contributed by atoms with Crippen molar-refractivity contribution in [2.75, 3.05) is 6.54 Å². The summed E-state index contributed by atoms with van der Waals surface area (Å²) in [7, 11) is 0. The number of phenols is 1. The minimum atomic E-state index is -0.492. The van der Waals surface area contributed by atoms with E-state index in [0.29, 0.717) is 12.1 Å². The molecule has 0 bridgehead atoms. The second-order valence-electron chi connectivity index (χ2n) is 3.05. The van der Waals surface area contributed by atoms with Crippen molar-refractivity contribution in [1.82, 2.24) is 5.32 Å². The highest BCUT2D eigenvalue weighted by Crippen LogP contribution is 2.15. The van der Waals surface area contributed by atoms with E-state index in [4.69, 9.17) is 5.11 Å². The normalized spacial score (nSPS) is 10.5. The van der Waals surface area contributed by atoms with E-state index in [1.165, 1.54) is 19.1 Å². The summed E-state index contributed by atoms with van der Waals surface area (Å²) < 4.78 is 13.1. The summed E-state index contributed by atoms with van der Waals surface area (Å²) in [6, 6.07) is 3.91. The van der Waals surface area contributed by atoms with Crippen LogP contribution in [-0.4, -0.2) is 17.6 Å². The van der Waals surface area contributed by atoms with Gasteiger partial charge in [-0.1, -0.05) is 12.2 Å². The van der Waals surface area contributed by atoms with E-state index in [9.17, 15) is 9.18 Å². The highest BCUT2D eigenvalue weighted by molar-refractivity contribution is 5.73. The summed E-state index contributed by atoms with van der Waals surface area (Å²) in [6.07, 6.45) is 3.18. The summed E-state index contributed by atoms with van der Waals surface area (Å²) in [6.45, 7) is 1.77. The Morgan fingerprint density at radius 3 is 2.93 bits per heavy atom. The Hall–Kier alpha value is -1.84. The molecule has 1 aromatic carbocycles. The van der Waals surface area contributed by atoms with Crippen LogP contribution in [0, 0.1) is 5.82 Å². The van der Waals surface area contributed by atoms with Crippen molar-refractivity contribution >= 4 is 12.0 Å². The van der Waals surface area contributed by atoms with Crippen molar-refractivity contribution in [1.29, 1.82) is 0 Å². The van der Waals surface area contributed by atoms with Crippen LogP contribution in [0.25, 0.3) is 6.08 Å². The number of benzene rings is 1. The molecule has 0 fully saturated rings. The quantitative estimate of drug-likeness (QED) is 0.795. The average Bonchev–Trinajstić information content (AvgIpc) is 2.14. The fraction of sp³-hybridized carbons (Fsp3) is 0.182.